The SMILES string of the molecule is COCc1ccccc1N1CC(=O)CC1=O. The number of amides is 1. The largest absolute Gasteiger partial charge is 0.380 e. The molecule has 1 aliphatic heterocycles. The number of carbonyl (C=O) groups excluding carboxylic acids is 2. The van der Waals surface area contributed by atoms with Crippen LogP contribution in [-0.4, -0.2) is 25.3 Å². The van der Waals surface area contributed by atoms with Gasteiger partial charge in [0.1, 0.15) is 0 Å². The maximum absolute atomic E-state index is 11.6. The van der Waals surface area contributed by atoms with Gasteiger partial charge in [-0.25, -0.2) is 0 Å². The van der Waals surface area contributed by atoms with Crippen LogP contribution in [0.3, 0.4) is 0 Å². The van der Waals surface area contributed by atoms with Crippen LogP contribution in [0, 0.1) is 0 Å². The van der Waals surface area contributed by atoms with E-state index in [9.17, 15) is 9.59 Å². The number of carbonyl (C=O) groups is 2. The quantitative estimate of drug-likeness (QED) is 0.716. The second-order valence-corrected chi connectivity index (χ2v) is 3.76. The van der Waals surface area contributed by atoms with Gasteiger partial charge in [0.2, 0.25) is 5.91 Å². The zero-order valence-electron chi connectivity index (χ0n) is 9.10. The van der Waals surface area contributed by atoms with Crippen molar-refractivity contribution >= 4 is 17.4 Å². The van der Waals surface area contributed by atoms with E-state index in [1.54, 1.807) is 7.11 Å². The van der Waals surface area contributed by atoms with E-state index in [1.165, 1.54) is 4.90 Å². The lowest BCUT2D eigenvalue weighted by molar-refractivity contribution is -0.121. The first-order chi connectivity index (χ1) is 7.72. The monoisotopic (exact) mass is 219 g/mol. The lowest BCUT2D eigenvalue weighted by Crippen LogP contribution is -2.25. The number of anilines is 1. The highest BCUT2D eigenvalue weighted by Crippen LogP contribution is 2.24. The lowest BCUT2D eigenvalue weighted by atomic mass is 10.1. The molecule has 1 fully saturated rings. The zero-order valence-corrected chi connectivity index (χ0v) is 9.10. The van der Waals surface area contributed by atoms with Gasteiger partial charge < -0.3 is 9.64 Å². The summed E-state index contributed by atoms with van der Waals surface area (Å²) in [7, 11) is 1.60. The van der Waals surface area contributed by atoms with Crippen molar-refractivity contribution in [3.8, 4) is 0 Å². The van der Waals surface area contributed by atoms with Gasteiger partial charge in [0.05, 0.1) is 19.6 Å². The van der Waals surface area contributed by atoms with Gasteiger partial charge in [-0.05, 0) is 6.07 Å². The van der Waals surface area contributed by atoms with Gasteiger partial charge in [0.15, 0.2) is 5.78 Å². The molecule has 0 spiro atoms. The minimum Gasteiger partial charge on any atom is -0.380 e. The van der Waals surface area contributed by atoms with Crippen molar-refractivity contribution in [3.05, 3.63) is 29.8 Å². The molecular weight excluding hydrogens is 206 g/mol. The van der Waals surface area contributed by atoms with Crippen LogP contribution in [0.2, 0.25) is 0 Å². The number of nitrogens with zero attached hydrogens (tertiary/aromatic N) is 1. The molecule has 1 aromatic carbocycles. The van der Waals surface area contributed by atoms with E-state index in [1.807, 2.05) is 24.3 Å². The fourth-order valence-corrected chi connectivity index (χ4v) is 1.86. The number of benzene rings is 1. The van der Waals surface area contributed by atoms with Crippen molar-refractivity contribution in [2.75, 3.05) is 18.6 Å². The third-order valence-electron chi connectivity index (χ3n) is 2.57. The van der Waals surface area contributed by atoms with Crippen LogP contribution >= 0.6 is 0 Å². The van der Waals surface area contributed by atoms with Crippen molar-refractivity contribution in [1.29, 1.82) is 0 Å². The van der Waals surface area contributed by atoms with Crippen LogP contribution in [0.25, 0.3) is 0 Å². The minimum absolute atomic E-state index is 0.0152. The Bertz CT molecular complexity index is 428. The summed E-state index contributed by atoms with van der Waals surface area (Å²) in [5.74, 6) is -0.161. The van der Waals surface area contributed by atoms with Gasteiger partial charge in [-0.15, -0.1) is 0 Å². The van der Waals surface area contributed by atoms with Crippen molar-refractivity contribution in [2.45, 2.75) is 13.0 Å². The van der Waals surface area contributed by atoms with Gasteiger partial charge in [0, 0.05) is 18.4 Å². The molecule has 0 unspecified atom stereocenters. The van der Waals surface area contributed by atoms with Gasteiger partial charge in [-0.2, -0.15) is 0 Å². The predicted molar refractivity (Wildman–Crippen MR) is 59.1 cm³/mol. The summed E-state index contributed by atoms with van der Waals surface area (Å²) in [4.78, 5) is 24.3. The highest BCUT2D eigenvalue weighted by atomic mass is 16.5. The summed E-state index contributed by atoms with van der Waals surface area (Å²) in [6, 6.07) is 7.48. The summed E-state index contributed by atoms with van der Waals surface area (Å²) in [6.45, 7) is 0.619. The summed E-state index contributed by atoms with van der Waals surface area (Å²) in [5, 5.41) is 0. The number of hydrogen-bond acceptors (Lipinski definition) is 3. The molecule has 4 heteroatoms. The van der Waals surface area contributed by atoms with Crippen LogP contribution < -0.4 is 4.90 Å². The molecule has 1 saturated heterocycles. The summed E-state index contributed by atoms with van der Waals surface area (Å²) < 4.78 is 5.07. The number of hydrogen-bond donors (Lipinski definition) is 0. The Kier molecular flexibility index (Phi) is 3.01. The lowest BCUT2D eigenvalue weighted by Gasteiger charge is -2.18. The molecule has 0 radical (unpaired) electrons. The van der Waals surface area contributed by atoms with Gasteiger partial charge in [0.25, 0.3) is 0 Å². The second kappa shape index (κ2) is 4.45. The van der Waals surface area contributed by atoms with Gasteiger partial charge >= 0.3 is 0 Å². The molecule has 0 aromatic heterocycles. The first-order valence-electron chi connectivity index (χ1n) is 5.11. The second-order valence-electron chi connectivity index (χ2n) is 3.76. The summed E-state index contributed by atoms with van der Waals surface area (Å²) >= 11 is 0. The maximum Gasteiger partial charge on any atom is 0.234 e. The van der Waals surface area contributed by atoms with Crippen molar-refractivity contribution in [2.24, 2.45) is 0 Å². The third kappa shape index (κ3) is 1.97. The van der Waals surface area contributed by atoms with E-state index in [0.717, 1.165) is 11.3 Å². The number of para-hydroxylation sites is 1. The number of ether oxygens (including phenoxy) is 1. The van der Waals surface area contributed by atoms with E-state index in [-0.39, 0.29) is 24.7 Å². The predicted octanol–water partition coefficient (Wildman–Crippen LogP) is 1.14. The molecule has 16 heavy (non-hydrogen) atoms. The van der Waals surface area contributed by atoms with Crippen LogP contribution in [0.5, 0.6) is 0 Å². The fraction of sp³-hybridized carbons (Fsp3) is 0.333. The molecular formula is C12H13NO3. The van der Waals surface area contributed by atoms with E-state index < -0.39 is 0 Å². The summed E-state index contributed by atoms with van der Waals surface area (Å²) in [5.41, 5.74) is 1.70. The number of Topliss-reactive ketones (excluding diaryl/α,β-unsaturated/α-hetero) is 1. The highest BCUT2D eigenvalue weighted by molar-refractivity contribution is 6.15. The Balaban J connectivity index is 2.32. The van der Waals surface area contributed by atoms with E-state index in [2.05, 4.69) is 0 Å². The van der Waals surface area contributed by atoms with Crippen LogP contribution in [0.1, 0.15) is 12.0 Å². The zero-order chi connectivity index (χ0) is 11.5. The molecule has 0 atom stereocenters. The molecule has 1 heterocycles. The molecule has 0 saturated carbocycles. The van der Waals surface area contributed by atoms with E-state index in [4.69, 9.17) is 4.74 Å². The Morgan fingerprint density at radius 3 is 2.69 bits per heavy atom. The number of methoxy groups -OCH3 is 1. The normalized spacial score (nSPS) is 15.9. The molecule has 1 aromatic rings. The van der Waals surface area contributed by atoms with Gasteiger partial charge in [-0.3, -0.25) is 9.59 Å². The molecule has 1 amide bonds. The molecule has 0 N–H and O–H groups in total. The third-order valence-corrected chi connectivity index (χ3v) is 2.57. The molecule has 4 nitrogen and oxygen atoms in total. The van der Waals surface area contributed by atoms with Crippen molar-refractivity contribution < 1.29 is 14.3 Å². The topological polar surface area (TPSA) is 46.6 Å². The van der Waals surface area contributed by atoms with Crippen LogP contribution in [0.15, 0.2) is 24.3 Å². The molecule has 0 bridgehead atoms. The van der Waals surface area contributed by atoms with Crippen molar-refractivity contribution in [1.82, 2.24) is 0 Å². The average molecular weight is 219 g/mol. The Labute approximate surface area is 93.8 Å². The highest BCUT2D eigenvalue weighted by Gasteiger charge is 2.29. The van der Waals surface area contributed by atoms with E-state index in [0.29, 0.717) is 6.61 Å². The van der Waals surface area contributed by atoms with E-state index >= 15 is 0 Å². The first-order valence-corrected chi connectivity index (χ1v) is 5.11. The standard InChI is InChI=1S/C12H13NO3/c1-16-8-9-4-2-3-5-11(9)13-7-10(14)6-12(13)15/h2-5H,6-8H2,1H3. The molecule has 0 aliphatic carbocycles. The average Bonchev–Trinajstić information content (AvgIpc) is 2.59. The summed E-state index contributed by atoms with van der Waals surface area (Å²) in [6.07, 6.45) is 0.0152. The number of ketones is 1. The Morgan fingerprint density at radius 1 is 1.31 bits per heavy atom. The molecule has 84 valence electrons. The fourth-order valence-electron chi connectivity index (χ4n) is 1.86. The maximum atomic E-state index is 11.6. The number of rotatable bonds is 3. The van der Waals surface area contributed by atoms with Crippen molar-refractivity contribution in [3.63, 3.8) is 0 Å². The van der Waals surface area contributed by atoms with Crippen LogP contribution in [0.4, 0.5) is 5.69 Å². The smallest absolute Gasteiger partial charge is 0.234 e. The Morgan fingerprint density at radius 2 is 2.06 bits per heavy atom. The first kappa shape index (κ1) is 10.8. The Hall–Kier alpha value is -1.68. The van der Waals surface area contributed by atoms with Gasteiger partial charge in [-0.1, -0.05) is 18.2 Å². The van der Waals surface area contributed by atoms with Crippen LogP contribution in [-0.2, 0) is 20.9 Å². The molecule has 2 rings (SSSR count). The molecule has 1 aliphatic rings. The minimum atomic E-state index is -0.131.